The van der Waals surface area contributed by atoms with Crippen LogP contribution in [0.1, 0.15) is 42.1 Å². The summed E-state index contributed by atoms with van der Waals surface area (Å²) in [7, 11) is 1.56. The maximum Gasteiger partial charge on any atom is 0.276 e. The first kappa shape index (κ1) is 26.6. The fourth-order valence-electron chi connectivity index (χ4n) is 2.79. The van der Waals surface area contributed by atoms with Gasteiger partial charge in [-0.15, -0.1) is 0 Å². The molecule has 2 rings (SSSR count). The molecule has 1 unspecified atom stereocenters. The molecule has 0 saturated carbocycles. The monoisotopic (exact) mass is 537 g/mol. The highest BCUT2D eigenvalue weighted by Gasteiger charge is 2.16. The van der Waals surface area contributed by atoms with Gasteiger partial charge in [0.15, 0.2) is 11.7 Å². The van der Waals surface area contributed by atoms with Crippen LogP contribution in [0.3, 0.4) is 0 Å². The molecule has 33 heavy (non-hydrogen) atoms. The van der Waals surface area contributed by atoms with E-state index in [1.165, 1.54) is 0 Å². The van der Waals surface area contributed by atoms with Crippen LogP contribution < -0.4 is 25.6 Å². The van der Waals surface area contributed by atoms with Crippen molar-refractivity contribution in [1.82, 2.24) is 16.2 Å². The number of carbonyl (C=O) groups is 2. The molecule has 0 radical (unpaired) electrons. The molecule has 8 nitrogen and oxygen atoms in total. The highest BCUT2D eigenvalue weighted by atomic mass is 79.9. The number of rotatable bonds is 10. The first-order valence-corrected chi connectivity index (χ1v) is 11.6. The molecule has 0 bridgehead atoms. The number of benzene rings is 2. The molecule has 2 aromatic carbocycles. The number of thiocarbonyl (C=S) groups is 1. The van der Waals surface area contributed by atoms with Crippen molar-refractivity contribution in [3.05, 3.63) is 58.1 Å². The number of hydrazine groups is 1. The van der Waals surface area contributed by atoms with E-state index in [-0.39, 0.29) is 23.9 Å². The minimum Gasteiger partial charge on any atom is -0.490 e. The van der Waals surface area contributed by atoms with Crippen LogP contribution in [0.15, 0.2) is 46.9 Å². The van der Waals surface area contributed by atoms with Crippen molar-refractivity contribution >= 4 is 45.1 Å². The molecule has 0 aliphatic rings. The molecule has 0 saturated heterocycles. The Morgan fingerprint density at radius 2 is 1.82 bits per heavy atom. The fourth-order valence-corrected chi connectivity index (χ4v) is 3.29. The summed E-state index contributed by atoms with van der Waals surface area (Å²) in [4.78, 5) is 24.8. The highest BCUT2D eigenvalue weighted by molar-refractivity contribution is 9.10. The molecule has 1 atom stereocenters. The Kier molecular flexibility index (Phi) is 11.1. The smallest absolute Gasteiger partial charge is 0.276 e. The first-order valence-electron chi connectivity index (χ1n) is 10.4. The van der Waals surface area contributed by atoms with Gasteiger partial charge in [-0.1, -0.05) is 48.0 Å². The maximum atomic E-state index is 12.6. The Hall–Kier alpha value is -2.69. The van der Waals surface area contributed by atoms with Crippen molar-refractivity contribution in [2.24, 2.45) is 0 Å². The van der Waals surface area contributed by atoms with Gasteiger partial charge in [-0.25, -0.2) is 0 Å². The number of hydrogen-bond acceptors (Lipinski definition) is 6. The summed E-state index contributed by atoms with van der Waals surface area (Å²) in [5.41, 5.74) is 6.24. The first-order chi connectivity index (χ1) is 15.8. The lowest BCUT2D eigenvalue weighted by Crippen LogP contribution is -2.49. The average molecular weight is 538 g/mol. The predicted molar refractivity (Wildman–Crippen MR) is 133 cm³/mol. The van der Waals surface area contributed by atoms with Crippen molar-refractivity contribution < 1.29 is 23.8 Å². The van der Waals surface area contributed by atoms with Gasteiger partial charge in [0.05, 0.1) is 12.2 Å². The zero-order chi connectivity index (χ0) is 24.2. The number of amides is 2. The van der Waals surface area contributed by atoms with Gasteiger partial charge in [0, 0.05) is 11.6 Å². The van der Waals surface area contributed by atoms with Crippen molar-refractivity contribution in [1.29, 1.82) is 0 Å². The summed E-state index contributed by atoms with van der Waals surface area (Å²) >= 11 is 8.45. The third-order valence-electron chi connectivity index (χ3n) is 4.69. The lowest BCUT2D eigenvalue weighted by Gasteiger charge is -2.16. The molecular weight excluding hydrogens is 510 g/mol. The Balaban J connectivity index is 1.86. The summed E-state index contributed by atoms with van der Waals surface area (Å²) in [6.45, 7) is 4.66. The maximum absolute atomic E-state index is 12.6. The zero-order valence-electron chi connectivity index (χ0n) is 18.8. The molecule has 0 spiro atoms. The summed E-state index contributed by atoms with van der Waals surface area (Å²) in [5, 5.41) is 2.44. The molecule has 0 fully saturated rings. The number of nitrogens with one attached hydrogen (secondary N) is 3. The van der Waals surface area contributed by atoms with E-state index in [0.29, 0.717) is 28.5 Å². The van der Waals surface area contributed by atoms with Crippen LogP contribution >= 0.6 is 28.1 Å². The molecule has 2 aromatic rings. The third-order valence-corrected chi connectivity index (χ3v) is 5.39. The number of ether oxygens (including phenoxy) is 3. The highest BCUT2D eigenvalue weighted by Crippen LogP contribution is 2.28. The second-order valence-electron chi connectivity index (χ2n) is 7.07. The summed E-state index contributed by atoms with van der Waals surface area (Å²) in [6, 6.07) is 12.7. The Labute approximate surface area is 207 Å². The zero-order valence-corrected chi connectivity index (χ0v) is 21.2. The molecule has 178 valence electrons. The van der Waals surface area contributed by atoms with Crippen LogP contribution in [0.5, 0.6) is 11.5 Å². The van der Waals surface area contributed by atoms with Crippen LogP contribution in [-0.2, 0) is 9.53 Å². The standard InChI is InChI=1S/C23H28BrN3O5S/c1-4-15(2)17-7-5-6-8-19(17)32-14-21(28)26-27-23(33)25-22(29)18-13-16(24)9-10-20(18)31-12-11-30-3/h5-10,13,15H,4,11-12,14H2,1-3H3,(H,26,28)(H2,25,27,29,33). The van der Waals surface area contributed by atoms with Crippen molar-refractivity contribution in [3.63, 3.8) is 0 Å². The second-order valence-corrected chi connectivity index (χ2v) is 8.40. The fraction of sp³-hybridized carbons (Fsp3) is 0.348. The van der Waals surface area contributed by atoms with Crippen LogP contribution in [-0.4, -0.2) is 43.9 Å². The number of carbonyl (C=O) groups excluding carboxylic acids is 2. The third kappa shape index (κ3) is 8.64. The molecule has 10 heteroatoms. The van der Waals surface area contributed by atoms with Crippen molar-refractivity contribution in [2.45, 2.75) is 26.2 Å². The normalized spacial score (nSPS) is 11.3. The van der Waals surface area contributed by atoms with E-state index in [1.54, 1.807) is 25.3 Å². The Morgan fingerprint density at radius 1 is 1.06 bits per heavy atom. The van der Waals surface area contributed by atoms with Crippen LogP contribution in [0.2, 0.25) is 0 Å². The Bertz CT molecular complexity index is 973. The summed E-state index contributed by atoms with van der Waals surface area (Å²) < 4.78 is 16.9. The minimum absolute atomic E-state index is 0.0730. The molecule has 0 aliphatic carbocycles. The predicted octanol–water partition coefficient (Wildman–Crippen LogP) is 3.70. The van der Waals surface area contributed by atoms with Crippen LogP contribution in [0.4, 0.5) is 0 Å². The van der Waals surface area contributed by atoms with Gasteiger partial charge < -0.3 is 14.2 Å². The van der Waals surface area contributed by atoms with E-state index in [2.05, 4.69) is 45.9 Å². The van der Waals surface area contributed by atoms with Gasteiger partial charge in [0.25, 0.3) is 11.8 Å². The molecular formula is C23H28BrN3O5S. The van der Waals surface area contributed by atoms with Gasteiger partial charge >= 0.3 is 0 Å². The minimum atomic E-state index is -0.491. The molecule has 0 heterocycles. The number of para-hydroxylation sites is 1. The second kappa shape index (κ2) is 13.8. The molecule has 2 amide bonds. The largest absolute Gasteiger partial charge is 0.490 e. The van der Waals surface area contributed by atoms with E-state index in [9.17, 15) is 9.59 Å². The van der Waals surface area contributed by atoms with Crippen molar-refractivity contribution in [2.75, 3.05) is 26.9 Å². The van der Waals surface area contributed by atoms with Gasteiger partial charge in [-0.2, -0.15) is 0 Å². The van der Waals surface area contributed by atoms with E-state index < -0.39 is 11.8 Å². The number of halogens is 1. The SMILES string of the molecule is CCC(C)c1ccccc1OCC(=O)NNC(=S)NC(=O)c1cc(Br)ccc1OCCOC. The van der Waals surface area contributed by atoms with Gasteiger partial charge in [0.1, 0.15) is 18.1 Å². The van der Waals surface area contributed by atoms with Gasteiger partial charge in [-0.3, -0.25) is 25.8 Å². The van der Waals surface area contributed by atoms with Crippen LogP contribution in [0.25, 0.3) is 0 Å². The summed E-state index contributed by atoms with van der Waals surface area (Å²) in [5.74, 6) is 0.416. The quantitative estimate of drug-likeness (QED) is 0.241. The van der Waals surface area contributed by atoms with Gasteiger partial charge in [-0.05, 0) is 54.4 Å². The van der Waals surface area contributed by atoms with Crippen LogP contribution in [0, 0.1) is 0 Å². The van der Waals surface area contributed by atoms with E-state index in [4.69, 9.17) is 26.4 Å². The van der Waals surface area contributed by atoms with Crippen molar-refractivity contribution in [3.8, 4) is 11.5 Å². The number of methoxy groups -OCH3 is 1. The van der Waals surface area contributed by atoms with E-state index in [1.807, 2.05) is 24.3 Å². The lowest BCUT2D eigenvalue weighted by atomic mass is 9.98. The summed E-state index contributed by atoms with van der Waals surface area (Å²) in [6.07, 6.45) is 0.958. The Morgan fingerprint density at radius 3 is 2.55 bits per heavy atom. The average Bonchev–Trinajstić information content (AvgIpc) is 2.82. The molecule has 0 aromatic heterocycles. The topological polar surface area (TPSA) is 97.9 Å². The number of hydrogen-bond donors (Lipinski definition) is 3. The molecule has 0 aliphatic heterocycles. The van der Waals surface area contributed by atoms with E-state index in [0.717, 1.165) is 12.0 Å². The van der Waals surface area contributed by atoms with E-state index >= 15 is 0 Å². The molecule has 3 N–H and O–H groups in total. The van der Waals surface area contributed by atoms with Gasteiger partial charge in [0.2, 0.25) is 0 Å². The lowest BCUT2D eigenvalue weighted by molar-refractivity contribution is -0.123.